The van der Waals surface area contributed by atoms with Crippen molar-refractivity contribution in [2.75, 3.05) is 0 Å². The van der Waals surface area contributed by atoms with Crippen molar-refractivity contribution >= 4 is 22.2 Å². The molecule has 9 nitrogen and oxygen atoms in total. The normalized spacial score (nSPS) is 11.4. The summed E-state index contributed by atoms with van der Waals surface area (Å²) in [6.07, 6.45) is 0. The number of nitrogens with zero attached hydrogens (tertiary/aromatic N) is 5. The first-order valence-electron chi connectivity index (χ1n) is 7.13. The lowest BCUT2D eigenvalue weighted by Gasteiger charge is -2.07. The molecule has 9 heteroatoms. The highest BCUT2D eigenvalue weighted by atomic mass is 16.2. The van der Waals surface area contributed by atoms with Crippen molar-refractivity contribution in [3.63, 3.8) is 0 Å². The van der Waals surface area contributed by atoms with Gasteiger partial charge < -0.3 is 4.98 Å². The van der Waals surface area contributed by atoms with E-state index in [9.17, 15) is 14.4 Å². The van der Waals surface area contributed by atoms with Crippen molar-refractivity contribution in [2.24, 2.45) is 14.1 Å². The number of H-pyrrole nitrogens is 1. The third-order valence-corrected chi connectivity index (χ3v) is 4.01. The number of aromatic nitrogens is 6. The summed E-state index contributed by atoms with van der Waals surface area (Å²) in [5.41, 5.74) is -0.545. The van der Waals surface area contributed by atoms with Crippen LogP contribution in [0.25, 0.3) is 27.9 Å². The van der Waals surface area contributed by atoms with Crippen molar-refractivity contribution in [1.29, 1.82) is 0 Å². The molecule has 0 saturated carbocycles. The molecule has 1 aromatic carbocycles. The highest BCUT2D eigenvalue weighted by Crippen LogP contribution is 2.13. The molecule has 0 aliphatic heterocycles. The van der Waals surface area contributed by atoms with Gasteiger partial charge in [-0.25, -0.2) is 4.79 Å². The maximum absolute atomic E-state index is 12.7. The second kappa shape index (κ2) is 4.75. The number of fused-ring (bicyclic) bond motifs is 2. The van der Waals surface area contributed by atoms with Gasteiger partial charge in [0.05, 0.1) is 5.69 Å². The Kier molecular flexibility index (Phi) is 2.80. The summed E-state index contributed by atoms with van der Waals surface area (Å²) >= 11 is 0. The molecular weight excluding hydrogens is 312 g/mol. The smallest absolute Gasteiger partial charge is 0.323 e. The van der Waals surface area contributed by atoms with E-state index in [4.69, 9.17) is 0 Å². The van der Waals surface area contributed by atoms with Crippen molar-refractivity contribution in [1.82, 2.24) is 29.1 Å². The summed E-state index contributed by atoms with van der Waals surface area (Å²) < 4.78 is 3.57. The van der Waals surface area contributed by atoms with E-state index in [2.05, 4.69) is 15.3 Å². The number of para-hydroxylation sites is 1. The molecule has 0 unspecified atom stereocenters. The number of rotatable bonds is 1. The third-order valence-electron chi connectivity index (χ3n) is 4.01. The van der Waals surface area contributed by atoms with E-state index in [1.807, 2.05) is 18.2 Å². The molecule has 0 spiro atoms. The van der Waals surface area contributed by atoms with E-state index in [1.54, 1.807) is 12.1 Å². The van der Waals surface area contributed by atoms with Gasteiger partial charge in [-0.2, -0.15) is 4.68 Å². The fraction of sp³-hybridized carbons (Fsp3) is 0.133. The molecule has 24 heavy (non-hydrogen) atoms. The van der Waals surface area contributed by atoms with Crippen LogP contribution in [0.3, 0.4) is 0 Å². The largest absolute Gasteiger partial charge is 0.332 e. The summed E-state index contributed by atoms with van der Waals surface area (Å²) in [4.78, 5) is 40.1. The van der Waals surface area contributed by atoms with Gasteiger partial charge in [0.1, 0.15) is 11.0 Å². The molecule has 0 fully saturated rings. The van der Waals surface area contributed by atoms with Crippen LogP contribution >= 0.6 is 0 Å². The zero-order valence-electron chi connectivity index (χ0n) is 12.8. The molecule has 3 heterocycles. The zero-order valence-corrected chi connectivity index (χ0v) is 12.8. The van der Waals surface area contributed by atoms with Crippen molar-refractivity contribution in [3.8, 4) is 5.69 Å². The molecule has 0 aliphatic carbocycles. The van der Waals surface area contributed by atoms with Crippen LogP contribution in [0.2, 0.25) is 0 Å². The van der Waals surface area contributed by atoms with Gasteiger partial charge in [-0.1, -0.05) is 23.4 Å². The van der Waals surface area contributed by atoms with Crippen LogP contribution in [0.4, 0.5) is 0 Å². The standard InChI is InChI=1S/C15H12N6O3/c1-19-12-9(14(23)20(2)15(19)24)11(22)10-13(16-12)21(18-17-10)8-6-4-3-5-7-8/h3-7H,1-2H3,(H,16,22). The maximum atomic E-state index is 12.7. The highest BCUT2D eigenvalue weighted by Gasteiger charge is 2.18. The molecule has 0 aliphatic rings. The minimum absolute atomic E-state index is 0.0436. The molecule has 0 bridgehead atoms. The van der Waals surface area contributed by atoms with E-state index >= 15 is 0 Å². The van der Waals surface area contributed by atoms with Crippen LogP contribution in [0.5, 0.6) is 0 Å². The molecule has 3 aromatic heterocycles. The van der Waals surface area contributed by atoms with E-state index in [0.717, 1.165) is 4.57 Å². The lowest BCUT2D eigenvalue weighted by Crippen LogP contribution is -2.39. The Hall–Kier alpha value is -3.49. The van der Waals surface area contributed by atoms with Gasteiger partial charge >= 0.3 is 5.69 Å². The average molecular weight is 324 g/mol. The maximum Gasteiger partial charge on any atom is 0.332 e. The number of nitrogens with one attached hydrogen (secondary N) is 1. The summed E-state index contributed by atoms with van der Waals surface area (Å²) in [6, 6.07) is 9.12. The van der Waals surface area contributed by atoms with Crippen LogP contribution in [-0.4, -0.2) is 29.1 Å². The SMILES string of the molecule is Cn1c(=O)c2c(=O)c3nnn(-c4ccccc4)c3[nH]c2n(C)c1=O. The summed E-state index contributed by atoms with van der Waals surface area (Å²) in [5, 5.41) is 7.78. The predicted octanol–water partition coefficient (Wildman–Crippen LogP) is -0.341. The van der Waals surface area contributed by atoms with E-state index in [-0.39, 0.29) is 16.6 Å². The van der Waals surface area contributed by atoms with Crippen LogP contribution in [0.1, 0.15) is 0 Å². The van der Waals surface area contributed by atoms with Gasteiger partial charge in [-0.3, -0.25) is 18.7 Å². The Bertz CT molecular complexity index is 1280. The van der Waals surface area contributed by atoms with E-state index in [1.165, 1.54) is 23.3 Å². The molecule has 0 amide bonds. The van der Waals surface area contributed by atoms with Gasteiger partial charge in [0.15, 0.2) is 11.2 Å². The van der Waals surface area contributed by atoms with Gasteiger partial charge in [0, 0.05) is 14.1 Å². The van der Waals surface area contributed by atoms with Gasteiger partial charge in [0.2, 0.25) is 5.43 Å². The monoisotopic (exact) mass is 324 g/mol. The molecule has 0 atom stereocenters. The first-order chi connectivity index (χ1) is 11.5. The molecule has 0 radical (unpaired) electrons. The summed E-state index contributed by atoms with van der Waals surface area (Å²) in [6.45, 7) is 0. The fourth-order valence-corrected chi connectivity index (χ4v) is 2.72. The second-order valence-electron chi connectivity index (χ2n) is 5.42. The molecule has 0 saturated heterocycles. The van der Waals surface area contributed by atoms with Crippen LogP contribution in [0, 0.1) is 0 Å². The van der Waals surface area contributed by atoms with Crippen LogP contribution in [-0.2, 0) is 14.1 Å². The van der Waals surface area contributed by atoms with Crippen LogP contribution < -0.4 is 16.7 Å². The molecule has 4 rings (SSSR count). The topological polar surface area (TPSA) is 108 Å². The van der Waals surface area contributed by atoms with Gasteiger partial charge in [-0.05, 0) is 12.1 Å². The van der Waals surface area contributed by atoms with Gasteiger partial charge in [0.25, 0.3) is 5.56 Å². The second-order valence-corrected chi connectivity index (χ2v) is 5.42. The lowest BCUT2D eigenvalue weighted by atomic mass is 10.3. The highest BCUT2D eigenvalue weighted by molar-refractivity contribution is 5.87. The third kappa shape index (κ3) is 1.72. The number of aryl methyl sites for hydroxylation is 1. The van der Waals surface area contributed by atoms with Crippen LogP contribution in [0.15, 0.2) is 44.7 Å². The minimum atomic E-state index is -0.662. The molecule has 1 N–H and O–H groups in total. The first kappa shape index (κ1) is 14.1. The lowest BCUT2D eigenvalue weighted by molar-refractivity contribution is 0.707. The van der Waals surface area contributed by atoms with E-state index in [0.29, 0.717) is 11.3 Å². The number of benzene rings is 1. The van der Waals surface area contributed by atoms with E-state index < -0.39 is 16.7 Å². The molecule has 4 aromatic rings. The Balaban J connectivity index is 2.24. The summed E-state index contributed by atoms with van der Waals surface area (Å²) in [7, 11) is 2.82. The number of aromatic amines is 1. The Morgan fingerprint density at radius 1 is 0.958 bits per heavy atom. The van der Waals surface area contributed by atoms with Crippen molar-refractivity contribution in [2.45, 2.75) is 0 Å². The Labute approximate surface area is 133 Å². The summed E-state index contributed by atoms with van der Waals surface area (Å²) in [5.74, 6) is 0. The number of hydrogen-bond acceptors (Lipinski definition) is 5. The minimum Gasteiger partial charge on any atom is -0.323 e. The zero-order chi connectivity index (χ0) is 17.0. The molecule has 120 valence electrons. The number of pyridine rings is 1. The Morgan fingerprint density at radius 2 is 1.67 bits per heavy atom. The fourth-order valence-electron chi connectivity index (χ4n) is 2.72. The van der Waals surface area contributed by atoms with Gasteiger partial charge in [-0.15, -0.1) is 5.10 Å². The number of hydrogen-bond donors (Lipinski definition) is 1. The predicted molar refractivity (Wildman–Crippen MR) is 87.5 cm³/mol. The van der Waals surface area contributed by atoms with Crippen molar-refractivity contribution < 1.29 is 0 Å². The first-order valence-corrected chi connectivity index (χ1v) is 7.13. The Morgan fingerprint density at radius 3 is 2.38 bits per heavy atom. The molecular formula is C15H12N6O3. The average Bonchev–Trinajstić information content (AvgIpc) is 3.03. The van der Waals surface area contributed by atoms with Crippen molar-refractivity contribution in [3.05, 3.63) is 61.4 Å². The quantitative estimate of drug-likeness (QED) is 0.515.